The summed E-state index contributed by atoms with van der Waals surface area (Å²) in [4.78, 5) is 4.76. The predicted molar refractivity (Wildman–Crippen MR) is 85.7 cm³/mol. The van der Waals surface area contributed by atoms with Crippen LogP contribution in [0.4, 0.5) is 0 Å². The first kappa shape index (κ1) is 12.6. The van der Waals surface area contributed by atoms with Crippen molar-refractivity contribution < 1.29 is 4.74 Å². The highest BCUT2D eigenvalue weighted by Crippen LogP contribution is 2.42. The Hall–Kier alpha value is -2.09. The van der Waals surface area contributed by atoms with Gasteiger partial charge in [-0.3, -0.25) is 0 Å². The van der Waals surface area contributed by atoms with Crippen molar-refractivity contribution in [2.45, 2.75) is 33.6 Å². The van der Waals surface area contributed by atoms with Gasteiger partial charge in [0.05, 0.1) is 5.52 Å². The standard InChI is InChI=1S/C19H19NO/c1-12-9-19(2,3)10-15-14-8-13-6-4-5-7-16(13)20-17(14)11-21-18(12)15/h4-8,11H,9-10H2,1-3H3. The molecule has 2 aromatic rings. The SMILES string of the molecule is CC1=C2OC=c3nc4ccccc4cc3=C2CC(C)(C)C1. The Morgan fingerprint density at radius 2 is 1.95 bits per heavy atom. The Morgan fingerprint density at radius 1 is 1.14 bits per heavy atom. The van der Waals surface area contributed by atoms with Gasteiger partial charge in [-0.15, -0.1) is 0 Å². The highest BCUT2D eigenvalue weighted by molar-refractivity contribution is 5.80. The van der Waals surface area contributed by atoms with E-state index in [-0.39, 0.29) is 5.41 Å². The van der Waals surface area contributed by atoms with Crippen LogP contribution in [0, 0.1) is 5.41 Å². The molecule has 0 atom stereocenters. The second-order valence-corrected chi connectivity index (χ2v) is 6.96. The van der Waals surface area contributed by atoms with Crippen LogP contribution >= 0.6 is 0 Å². The highest BCUT2D eigenvalue weighted by atomic mass is 16.5. The molecule has 0 unspecified atom stereocenters. The van der Waals surface area contributed by atoms with Crippen molar-refractivity contribution in [1.29, 1.82) is 0 Å². The maximum absolute atomic E-state index is 5.92. The van der Waals surface area contributed by atoms with Crippen LogP contribution < -0.4 is 10.6 Å². The number of allylic oxidation sites excluding steroid dienone is 2. The van der Waals surface area contributed by atoms with Gasteiger partial charge >= 0.3 is 0 Å². The molecule has 0 fully saturated rings. The fourth-order valence-electron chi connectivity index (χ4n) is 3.64. The topological polar surface area (TPSA) is 22.1 Å². The lowest BCUT2D eigenvalue weighted by Crippen LogP contribution is -2.37. The lowest BCUT2D eigenvalue weighted by molar-refractivity contribution is 0.320. The maximum Gasteiger partial charge on any atom is 0.129 e. The molecule has 0 saturated heterocycles. The minimum Gasteiger partial charge on any atom is -0.462 e. The third kappa shape index (κ3) is 1.98. The smallest absolute Gasteiger partial charge is 0.129 e. The van der Waals surface area contributed by atoms with E-state index < -0.39 is 0 Å². The van der Waals surface area contributed by atoms with Gasteiger partial charge in [-0.25, -0.2) is 4.98 Å². The lowest BCUT2D eigenvalue weighted by Gasteiger charge is -2.34. The molecule has 0 bridgehead atoms. The average molecular weight is 277 g/mol. The molecule has 1 aliphatic carbocycles. The van der Waals surface area contributed by atoms with Crippen LogP contribution in [-0.4, -0.2) is 4.98 Å². The van der Waals surface area contributed by atoms with Crippen LogP contribution in [-0.2, 0) is 4.74 Å². The molecule has 1 aliphatic heterocycles. The number of aromatic nitrogens is 1. The first-order valence-electron chi connectivity index (χ1n) is 7.49. The lowest BCUT2D eigenvalue weighted by atomic mass is 9.74. The van der Waals surface area contributed by atoms with Crippen molar-refractivity contribution in [2.75, 3.05) is 0 Å². The summed E-state index contributed by atoms with van der Waals surface area (Å²) in [6.45, 7) is 6.84. The largest absolute Gasteiger partial charge is 0.462 e. The van der Waals surface area contributed by atoms with E-state index in [0.29, 0.717) is 0 Å². The molecule has 1 aromatic heterocycles. The fourth-order valence-corrected chi connectivity index (χ4v) is 3.64. The van der Waals surface area contributed by atoms with Crippen molar-refractivity contribution in [2.24, 2.45) is 5.41 Å². The summed E-state index contributed by atoms with van der Waals surface area (Å²) in [6.07, 6.45) is 3.94. The number of para-hydroxylation sites is 1. The molecule has 2 aliphatic rings. The molecule has 1 aromatic carbocycles. The van der Waals surface area contributed by atoms with Gasteiger partial charge in [-0.2, -0.15) is 0 Å². The summed E-state index contributed by atoms with van der Waals surface area (Å²) in [5, 5.41) is 3.39. The minimum atomic E-state index is 0.284. The molecule has 0 N–H and O–H groups in total. The Kier molecular flexibility index (Phi) is 2.53. The number of ether oxygens (including phenoxy) is 1. The number of nitrogens with zero attached hydrogens (tertiary/aromatic N) is 1. The summed E-state index contributed by atoms with van der Waals surface area (Å²) in [7, 11) is 0. The van der Waals surface area contributed by atoms with E-state index in [0.717, 1.165) is 29.5 Å². The number of pyridine rings is 1. The highest BCUT2D eigenvalue weighted by Gasteiger charge is 2.31. The molecule has 106 valence electrons. The number of benzene rings is 1. The monoisotopic (exact) mass is 277 g/mol. The average Bonchev–Trinajstić information content (AvgIpc) is 2.44. The zero-order chi connectivity index (χ0) is 14.6. The van der Waals surface area contributed by atoms with Crippen molar-refractivity contribution in [1.82, 2.24) is 4.98 Å². The summed E-state index contributed by atoms with van der Waals surface area (Å²) >= 11 is 0. The predicted octanol–water partition coefficient (Wildman–Crippen LogP) is 3.25. The van der Waals surface area contributed by atoms with Gasteiger partial charge in [0.25, 0.3) is 0 Å². The first-order valence-corrected chi connectivity index (χ1v) is 7.49. The van der Waals surface area contributed by atoms with Gasteiger partial charge in [0.2, 0.25) is 0 Å². The molecule has 2 heterocycles. The van der Waals surface area contributed by atoms with Gasteiger partial charge in [0.1, 0.15) is 17.4 Å². The van der Waals surface area contributed by atoms with E-state index in [4.69, 9.17) is 9.72 Å². The Morgan fingerprint density at radius 3 is 2.81 bits per heavy atom. The molecule has 4 rings (SSSR count). The van der Waals surface area contributed by atoms with E-state index in [2.05, 4.69) is 45.0 Å². The summed E-state index contributed by atoms with van der Waals surface area (Å²) in [6, 6.07) is 10.5. The fraction of sp³-hybridized carbons (Fsp3) is 0.316. The van der Waals surface area contributed by atoms with Crippen LogP contribution in [0.2, 0.25) is 0 Å². The molecule has 0 spiro atoms. The molecule has 21 heavy (non-hydrogen) atoms. The molecule has 0 saturated carbocycles. The number of hydrogen-bond donors (Lipinski definition) is 0. The van der Waals surface area contributed by atoms with E-state index in [9.17, 15) is 0 Å². The van der Waals surface area contributed by atoms with Gasteiger partial charge < -0.3 is 4.74 Å². The van der Waals surface area contributed by atoms with E-state index in [1.165, 1.54) is 21.8 Å². The normalized spacial score (nSPS) is 19.7. The maximum atomic E-state index is 5.92. The van der Waals surface area contributed by atoms with E-state index in [1.54, 1.807) is 0 Å². The number of hydrogen-bond acceptors (Lipinski definition) is 2. The Bertz CT molecular complexity index is 903. The van der Waals surface area contributed by atoms with E-state index >= 15 is 0 Å². The molecule has 0 radical (unpaired) electrons. The molecule has 2 nitrogen and oxygen atoms in total. The summed E-state index contributed by atoms with van der Waals surface area (Å²) in [5.41, 5.74) is 3.97. The summed E-state index contributed by atoms with van der Waals surface area (Å²) < 4.78 is 5.92. The molecule has 2 heteroatoms. The second kappa shape index (κ2) is 4.20. The Labute approximate surface area is 124 Å². The third-order valence-electron chi connectivity index (χ3n) is 4.43. The van der Waals surface area contributed by atoms with Gasteiger partial charge in [0.15, 0.2) is 0 Å². The van der Waals surface area contributed by atoms with Crippen LogP contribution in [0.25, 0.3) is 22.7 Å². The van der Waals surface area contributed by atoms with Gasteiger partial charge in [-0.05, 0) is 42.9 Å². The quantitative estimate of drug-likeness (QED) is 0.737. The zero-order valence-corrected chi connectivity index (χ0v) is 12.7. The first-order chi connectivity index (χ1) is 10.0. The van der Waals surface area contributed by atoms with Gasteiger partial charge in [-0.1, -0.05) is 32.0 Å². The van der Waals surface area contributed by atoms with E-state index in [1.807, 2.05) is 12.3 Å². The second-order valence-electron chi connectivity index (χ2n) is 6.96. The van der Waals surface area contributed by atoms with Crippen molar-refractivity contribution >= 4 is 22.7 Å². The number of rotatable bonds is 0. The van der Waals surface area contributed by atoms with Crippen LogP contribution in [0.15, 0.2) is 41.7 Å². The zero-order valence-electron chi connectivity index (χ0n) is 12.7. The van der Waals surface area contributed by atoms with Crippen molar-refractivity contribution in [3.8, 4) is 0 Å². The van der Waals surface area contributed by atoms with Gasteiger partial charge in [0, 0.05) is 16.2 Å². The number of fused-ring (bicyclic) bond motifs is 3. The molecular weight excluding hydrogens is 258 g/mol. The van der Waals surface area contributed by atoms with Crippen LogP contribution in [0.5, 0.6) is 0 Å². The Balaban J connectivity index is 2.12. The van der Waals surface area contributed by atoms with Crippen LogP contribution in [0.1, 0.15) is 33.6 Å². The minimum absolute atomic E-state index is 0.284. The third-order valence-corrected chi connectivity index (χ3v) is 4.43. The molecular formula is C19H19NO. The van der Waals surface area contributed by atoms with Crippen molar-refractivity contribution in [3.63, 3.8) is 0 Å². The van der Waals surface area contributed by atoms with Crippen molar-refractivity contribution in [3.05, 3.63) is 52.2 Å². The van der Waals surface area contributed by atoms with Crippen LogP contribution in [0.3, 0.4) is 0 Å². The molecule has 0 amide bonds. The summed E-state index contributed by atoms with van der Waals surface area (Å²) in [5.74, 6) is 1.07.